The lowest BCUT2D eigenvalue weighted by Crippen LogP contribution is -3.14. The molecule has 12 heavy (non-hydrogen) atoms. The molecule has 0 bridgehead atoms. The van der Waals surface area contributed by atoms with Gasteiger partial charge in [-0.05, 0) is 25.7 Å². The van der Waals surface area contributed by atoms with Gasteiger partial charge in [0.15, 0.2) is 0 Å². The normalized spacial score (nSPS) is 48.5. The standard InChI is InChI=1S/C9H17NO2/c11-8-5-1-3-7-4-2-6-10(12)9(7)8/h7-11H,1-6H2. The lowest BCUT2D eigenvalue weighted by atomic mass is 9.77. The zero-order valence-electron chi connectivity index (χ0n) is 7.33. The number of piperidine rings is 1. The average Bonchev–Trinajstić information content (AvgIpc) is 2.04. The van der Waals surface area contributed by atoms with Crippen molar-refractivity contribution in [3.8, 4) is 0 Å². The van der Waals surface area contributed by atoms with E-state index in [1.807, 2.05) is 0 Å². The molecule has 0 amide bonds. The number of hydrogen-bond donors (Lipinski definition) is 2. The van der Waals surface area contributed by atoms with Crippen molar-refractivity contribution >= 4 is 0 Å². The third-order valence-electron chi connectivity index (χ3n) is 3.37. The molecule has 0 radical (unpaired) electrons. The summed E-state index contributed by atoms with van der Waals surface area (Å²) in [6.07, 6.45) is 4.99. The molecule has 2 aliphatic rings. The highest BCUT2D eigenvalue weighted by Crippen LogP contribution is 2.28. The van der Waals surface area contributed by atoms with Crippen molar-refractivity contribution in [2.24, 2.45) is 5.92 Å². The molecule has 3 heteroatoms. The molecule has 1 heterocycles. The molecule has 70 valence electrons. The molecule has 4 unspecified atom stereocenters. The summed E-state index contributed by atoms with van der Waals surface area (Å²) in [7, 11) is 0. The number of hydrogen-bond acceptors (Lipinski definition) is 2. The minimum atomic E-state index is -0.323. The minimum absolute atomic E-state index is 0.00694. The van der Waals surface area contributed by atoms with E-state index < -0.39 is 0 Å². The first kappa shape index (κ1) is 8.48. The van der Waals surface area contributed by atoms with Crippen molar-refractivity contribution in [2.75, 3.05) is 6.54 Å². The molecule has 2 rings (SSSR count). The Labute approximate surface area is 72.9 Å². The molecule has 0 aromatic carbocycles. The lowest BCUT2D eigenvalue weighted by Gasteiger charge is -2.45. The predicted octanol–water partition coefficient (Wildman–Crippen LogP) is -0.308. The van der Waals surface area contributed by atoms with Crippen molar-refractivity contribution < 1.29 is 10.2 Å². The number of fused-ring (bicyclic) bond motifs is 1. The number of nitrogens with one attached hydrogen (secondary N) is 1. The molecule has 2 fully saturated rings. The van der Waals surface area contributed by atoms with Crippen LogP contribution < -0.4 is 5.06 Å². The Morgan fingerprint density at radius 3 is 2.67 bits per heavy atom. The summed E-state index contributed by atoms with van der Waals surface area (Å²) in [4.78, 5) is 0. The van der Waals surface area contributed by atoms with Gasteiger partial charge in [0, 0.05) is 5.92 Å². The van der Waals surface area contributed by atoms with Crippen LogP contribution in [0, 0.1) is 11.1 Å². The molecule has 2 N–H and O–H groups in total. The molecular formula is C9H17NO2. The van der Waals surface area contributed by atoms with E-state index >= 15 is 0 Å². The second kappa shape index (κ2) is 3.32. The van der Waals surface area contributed by atoms with Crippen LogP contribution in [0.2, 0.25) is 0 Å². The fourth-order valence-corrected chi connectivity index (χ4v) is 2.77. The topological polar surface area (TPSA) is 47.7 Å². The van der Waals surface area contributed by atoms with Gasteiger partial charge in [-0.15, -0.1) is 0 Å². The largest absolute Gasteiger partial charge is 0.634 e. The van der Waals surface area contributed by atoms with Crippen LogP contribution in [0.4, 0.5) is 0 Å². The van der Waals surface area contributed by atoms with E-state index in [0.29, 0.717) is 17.5 Å². The van der Waals surface area contributed by atoms with Crippen LogP contribution in [-0.4, -0.2) is 23.8 Å². The van der Waals surface area contributed by atoms with Crippen LogP contribution in [0.5, 0.6) is 0 Å². The number of hydroxylamine groups is 2. The Balaban J connectivity index is 2.07. The van der Waals surface area contributed by atoms with E-state index in [1.165, 1.54) is 0 Å². The van der Waals surface area contributed by atoms with Crippen LogP contribution >= 0.6 is 0 Å². The zero-order valence-corrected chi connectivity index (χ0v) is 7.33. The maximum Gasteiger partial charge on any atom is 0.116 e. The second-order valence-corrected chi connectivity index (χ2v) is 4.14. The summed E-state index contributed by atoms with van der Waals surface area (Å²) >= 11 is 0. The Bertz CT molecular complexity index is 147. The van der Waals surface area contributed by atoms with Gasteiger partial charge in [0.05, 0.1) is 6.54 Å². The van der Waals surface area contributed by atoms with Gasteiger partial charge in [-0.3, -0.25) is 0 Å². The van der Waals surface area contributed by atoms with E-state index in [2.05, 4.69) is 0 Å². The van der Waals surface area contributed by atoms with Crippen molar-refractivity contribution in [1.82, 2.24) is 0 Å². The predicted molar refractivity (Wildman–Crippen MR) is 45.6 cm³/mol. The van der Waals surface area contributed by atoms with Crippen LogP contribution in [0.25, 0.3) is 0 Å². The molecule has 0 aromatic rings. The molecule has 1 aliphatic heterocycles. The third kappa shape index (κ3) is 1.37. The first-order valence-corrected chi connectivity index (χ1v) is 5.00. The number of aliphatic hydroxyl groups is 1. The highest BCUT2D eigenvalue weighted by atomic mass is 16.5. The van der Waals surface area contributed by atoms with Crippen LogP contribution in [0.3, 0.4) is 0 Å². The Morgan fingerprint density at radius 1 is 1.17 bits per heavy atom. The van der Waals surface area contributed by atoms with Gasteiger partial charge in [0.2, 0.25) is 0 Å². The maximum absolute atomic E-state index is 11.5. The lowest BCUT2D eigenvalue weighted by molar-refractivity contribution is -0.891. The van der Waals surface area contributed by atoms with Gasteiger partial charge in [0.1, 0.15) is 12.1 Å². The molecule has 1 aliphatic carbocycles. The quantitative estimate of drug-likeness (QED) is 0.491. The first-order valence-electron chi connectivity index (χ1n) is 5.00. The highest BCUT2D eigenvalue weighted by Gasteiger charge is 2.38. The summed E-state index contributed by atoms with van der Waals surface area (Å²) in [5.41, 5.74) is 0. The van der Waals surface area contributed by atoms with Gasteiger partial charge < -0.3 is 15.4 Å². The zero-order chi connectivity index (χ0) is 8.55. The fraction of sp³-hybridized carbons (Fsp3) is 1.00. The molecule has 4 atom stereocenters. The highest BCUT2D eigenvalue weighted by molar-refractivity contribution is 4.83. The summed E-state index contributed by atoms with van der Waals surface area (Å²) in [6, 6.07) is 0.00694. The molecule has 1 saturated heterocycles. The van der Waals surface area contributed by atoms with Gasteiger partial charge in [-0.1, -0.05) is 6.42 Å². The van der Waals surface area contributed by atoms with Crippen molar-refractivity contribution in [3.05, 3.63) is 5.21 Å². The molecular weight excluding hydrogens is 154 g/mol. The number of aliphatic hydroxyl groups excluding tert-OH is 1. The van der Waals surface area contributed by atoms with Crippen LogP contribution in [0.15, 0.2) is 0 Å². The van der Waals surface area contributed by atoms with Crippen LogP contribution in [0.1, 0.15) is 32.1 Å². The van der Waals surface area contributed by atoms with E-state index in [1.54, 1.807) is 0 Å². The van der Waals surface area contributed by atoms with Gasteiger partial charge in [-0.2, -0.15) is 0 Å². The minimum Gasteiger partial charge on any atom is -0.634 e. The maximum atomic E-state index is 11.5. The molecule has 3 nitrogen and oxygen atoms in total. The Kier molecular flexibility index (Phi) is 2.35. The average molecular weight is 171 g/mol. The summed E-state index contributed by atoms with van der Waals surface area (Å²) in [5, 5.41) is 21.5. The van der Waals surface area contributed by atoms with E-state index in [0.717, 1.165) is 32.1 Å². The van der Waals surface area contributed by atoms with Crippen molar-refractivity contribution in [3.63, 3.8) is 0 Å². The van der Waals surface area contributed by atoms with Crippen LogP contribution in [-0.2, 0) is 0 Å². The van der Waals surface area contributed by atoms with Gasteiger partial charge >= 0.3 is 0 Å². The van der Waals surface area contributed by atoms with E-state index in [9.17, 15) is 10.3 Å². The summed E-state index contributed by atoms with van der Waals surface area (Å²) in [5.74, 6) is 0.509. The molecule has 0 spiro atoms. The molecule has 1 saturated carbocycles. The Morgan fingerprint density at radius 2 is 1.92 bits per heavy atom. The summed E-state index contributed by atoms with van der Waals surface area (Å²) < 4.78 is 0. The molecule has 0 aromatic heterocycles. The van der Waals surface area contributed by atoms with Gasteiger partial charge in [0.25, 0.3) is 0 Å². The van der Waals surface area contributed by atoms with Gasteiger partial charge in [-0.25, -0.2) is 0 Å². The number of rotatable bonds is 0. The SMILES string of the molecule is [O-][NH+]1CCCC2CCCC(O)C21. The van der Waals surface area contributed by atoms with Crippen molar-refractivity contribution in [2.45, 2.75) is 44.2 Å². The Hall–Kier alpha value is -0.120. The van der Waals surface area contributed by atoms with E-state index in [-0.39, 0.29) is 12.1 Å². The van der Waals surface area contributed by atoms with E-state index in [4.69, 9.17) is 0 Å². The third-order valence-corrected chi connectivity index (χ3v) is 3.37. The van der Waals surface area contributed by atoms with Crippen molar-refractivity contribution in [1.29, 1.82) is 0 Å². The smallest absolute Gasteiger partial charge is 0.116 e. The first-order chi connectivity index (χ1) is 5.79. The second-order valence-electron chi connectivity index (χ2n) is 4.14. The fourth-order valence-electron chi connectivity index (χ4n) is 2.77. The monoisotopic (exact) mass is 171 g/mol. The number of quaternary nitrogens is 1. The summed E-state index contributed by atoms with van der Waals surface area (Å²) in [6.45, 7) is 0.707.